The maximum Gasteiger partial charge on any atom is 0.255 e. The minimum atomic E-state index is -0.533. The van der Waals surface area contributed by atoms with E-state index in [9.17, 15) is 9.90 Å². The lowest BCUT2D eigenvalue weighted by Gasteiger charge is -2.39. The molecule has 0 bridgehead atoms. The molecule has 37 heavy (non-hydrogen) atoms. The van der Waals surface area contributed by atoms with Gasteiger partial charge in [0.05, 0.1) is 16.2 Å². The number of hydrogen-bond acceptors (Lipinski definition) is 4. The summed E-state index contributed by atoms with van der Waals surface area (Å²) in [5.74, 6) is 0.454. The van der Waals surface area contributed by atoms with Crippen LogP contribution in [0.25, 0.3) is 0 Å². The molecule has 0 saturated carbocycles. The molecule has 198 valence electrons. The number of likely N-dealkylation sites (tertiary alicyclic amines) is 2. The summed E-state index contributed by atoms with van der Waals surface area (Å²) < 4.78 is 0. The number of rotatable bonds is 7. The van der Waals surface area contributed by atoms with Crippen LogP contribution in [0.15, 0.2) is 71.4 Å². The predicted octanol–water partition coefficient (Wildman–Crippen LogP) is 7.05. The van der Waals surface area contributed by atoms with Crippen molar-refractivity contribution in [2.45, 2.75) is 44.1 Å². The van der Waals surface area contributed by atoms with Crippen LogP contribution in [-0.4, -0.2) is 59.1 Å². The summed E-state index contributed by atoms with van der Waals surface area (Å²) >= 11 is 13.9. The second-order valence-electron chi connectivity index (χ2n) is 10.2. The van der Waals surface area contributed by atoms with E-state index in [0.29, 0.717) is 21.5 Å². The van der Waals surface area contributed by atoms with E-state index in [1.165, 1.54) is 5.56 Å². The fourth-order valence-electron chi connectivity index (χ4n) is 5.26. The molecule has 2 aliphatic rings. The topological polar surface area (TPSA) is 43.8 Å². The Morgan fingerprint density at radius 3 is 2.38 bits per heavy atom. The molecule has 0 aliphatic carbocycles. The molecule has 2 aliphatic heterocycles. The largest absolute Gasteiger partial charge is 0.390 e. The lowest BCUT2D eigenvalue weighted by Crippen LogP contribution is -2.46. The number of nitrogens with zero attached hydrogens (tertiary/aromatic N) is 2. The first-order valence-corrected chi connectivity index (χ1v) is 14.8. The molecule has 3 heterocycles. The minimum Gasteiger partial charge on any atom is -0.390 e. The number of thiophene rings is 1. The van der Waals surface area contributed by atoms with Crippen molar-refractivity contribution in [1.29, 1.82) is 0 Å². The molecule has 1 N–H and O–H groups in total. The molecular formula is C30H36Cl2N2O2S. The van der Waals surface area contributed by atoms with Gasteiger partial charge in [0, 0.05) is 37.7 Å². The van der Waals surface area contributed by atoms with Crippen LogP contribution in [0.5, 0.6) is 0 Å². The maximum atomic E-state index is 12.9. The Morgan fingerprint density at radius 1 is 1.00 bits per heavy atom. The summed E-state index contributed by atoms with van der Waals surface area (Å²) in [7, 11) is 0. The highest BCUT2D eigenvalue weighted by molar-refractivity contribution is 7.07. The van der Waals surface area contributed by atoms with Crippen molar-refractivity contribution in [2.75, 3.05) is 32.7 Å². The predicted molar refractivity (Wildman–Crippen MR) is 155 cm³/mol. The van der Waals surface area contributed by atoms with Gasteiger partial charge in [0.2, 0.25) is 0 Å². The first kappa shape index (κ1) is 28.1. The van der Waals surface area contributed by atoms with E-state index >= 15 is 0 Å². The van der Waals surface area contributed by atoms with Gasteiger partial charge in [0.1, 0.15) is 0 Å². The third kappa shape index (κ3) is 8.56. The molecular weight excluding hydrogens is 523 g/mol. The van der Waals surface area contributed by atoms with Crippen LogP contribution in [0.2, 0.25) is 10.0 Å². The number of halogens is 2. The Balaban J connectivity index is 0.000000572. The molecule has 0 unspecified atom stereocenters. The zero-order chi connectivity index (χ0) is 26.1. The molecule has 5 rings (SSSR count). The van der Waals surface area contributed by atoms with Crippen molar-refractivity contribution in [3.63, 3.8) is 0 Å². The summed E-state index contributed by atoms with van der Waals surface area (Å²) in [6.45, 7) is 4.36. The van der Waals surface area contributed by atoms with Crippen LogP contribution >= 0.6 is 34.5 Å². The van der Waals surface area contributed by atoms with Crippen molar-refractivity contribution >= 4 is 40.4 Å². The van der Waals surface area contributed by atoms with E-state index in [0.717, 1.165) is 71.2 Å². The molecule has 3 aromatic rings. The van der Waals surface area contributed by atoms with Gasteiger partial charge >= 0.3 is 0 Å². The Hall–Kier alpha value is -1.89. The lowest BCUT2D eigenvalue weighted by atomic mass is 9.85. The average Bonchev–Trinajstić information content (AvgIpc) is 3.62. The first-order valence-electron chi connectivity index (χ1n) is 13.1. The number of hydrogen-bond donors (Lipinski definition) is 1. The average molecular weight is 560 g/mol. The molecule has 2 fully saturated rings. The molecule has 2 aromatic carbocycles. The maximum absolute atomic E-state index is 12.9. The van der Waals surface area contributed by atoms with Gasteiger partial charge in [-0.05, 0) is 79.0 Å². The first-order chi connectivity index (χ1) is 17.9. The normalized spacial score (nSPS) is 19.3. The molecule has 0 radical (unpaired) electrons. The summed E-state index contributed by atoms with van der Waals surface area (Å²) in [6, 6.07) is 19.6. The third-order valence-electron chi connectivity index (χ3n) is 7.41. The highest BCUT2D eigenvalue weighted by atomic mass is 35.5. The van der Waals surface area contributed by atoms with E-state index in [1.54, 1.807) is 29.5 Å². The van der Waals surface area contributed by atoms with Crippen LogP contribution in [0.3, 0.4) is 0 Å². The molecule has 2 saturated heterocycles. The number of aryl methyl sites for hydroxylation is 1. The second-order valence-corrected chi connectivity index (χ2v) is 11.8. The van der Waals surface area contributed by atoms with Crippen LogP contribution in [-0.2, 0) is 6.42 Å². The van der Waals surface area contributed by atoms with E-state index in [4.69, 9.17) is 23.2 Å². The van der Waals surface area contributed by atoms with Gasteiger partial charge in [-0.3, -0.25) is 4.79 Å². The van der Waals surface area contributed by atoms with Crippen LogP contribution in [0, 0.1) is 5.92 Å². The van der Waals surface area contributed by atoms with E-state index in [-0.39, 0.29) is 5.91 Å². The van der Waals surface area contributed by atoms with Crippen LogP contribution < -0.4 is 0 Å². The molecule has 7 heteroatoms. The SMILES string of the molecule is O=C(c1ccc(Cl)cc1Cl)N1CC[C@H](CN2CCC(O)(CCCc3ccccc3)CC2)C1.c1ccsc1. The number of piperidine rings is 1. The van der Waals surface area contributed by atoms with E-state index in [2.05, 4.69) is 29.2 Å². The van der Waals surface area contributed by atoms with E-state index < -0.39 is 5.60 Å². The minimum absolute atomic E-state index is 0.0133. The summed E-state index contributed by atoms with van der Waals surface area (Å²) in [4.78, 5) is 17.2. The van der Waals surface area contributed by atoms with Gasteiger partial charge in [-0.1, -0.05) is 65.7 Å². The fraction of sp³-hybridized carbons (Fsp3) is 0.433. The molecule has 1 amide bonds. The van der Waals surface area contributed by atoms with Crippen molar-refractivity contribution in [2.24, 2.45) is 5.92 Å². The Kier molecular flexibility index (Phi) is 10.5. The number of carbonyl (C=O) groups excluding carboxylic acids is 1. The number of aliphatic hydroxyl groups is 1. The summed E-state index contributed by atoms with van der Waals surface area (Å²) in [6.07, 6.45) is 5.58. The summed E-state index contributed by atoms with van der Waals surface area (Å²) in [5, 5.41) is 16.0. The Morgan fingerprint density at radius 2 is 1.73 bits per heavy atom. The highest BCUT2D eigenvalue weighted by Crippen LogP contribution is 2.30. The van der Waals surface area contributed by atoms with Crippen molar-refractivity contribution in [3.8, 4) is 0 Å². The van der Waals surface area contributed by atoms with Gasteiger partial charge in [-0.25, -0.2) is 0 Å². The molecule has 1 atom stereocenters. The van der Waals surface area contributed by atoms with Gasteiger partial charge in [-0.2, -0.15) is 11.3 Å². The Bertz CT molecular complexity index is 1080. The quantitative estimate of drug-likeness (QED) is 0.337. The van der Waals surface area contributed by atoms with Crippen LogP contribution in [0.1, 0.15) is 48.0 Å². The molecule has 1 aromatic heterocycles. The second kappa shape index (κ2) is 13.8. The number of benzene rings is 2. The third-order valence-corrected chi connectivity index (χ3v) is 8.59. The molecule has 0 spiro atoms. The number of amides is 1. The zero-order valence-corrected chi connectivity index (χ0v) is 23.5. The van der Waals surface area contributed by atoms with Crippen molar-refractivity contribution in [1.82, 2.24) is 9.80 Å². The highest BCUT2D eigenvalue weighted by Gasteiger charge is 2.34. The summed E-state index contributed by atoms with van der Waals surface area (Å²) in [5.41, 5.74) is 1.33. The zero-order valence-electron chi connectivity index (χ0n) is 21.2. The Labute approximate surface area is 234 Å². The standard InChI is InChI=1S/C26H32Cl2N2O2.C4H4S/c27-22-8-9-23(24(28)17-22)25(31)30-14-10-21(19-30)18-29-15-12-26(32,13-16-29)11-4-7-20-5-2-1-3-6-20;1-2-4-5-3-1/h1-3,5-6,8-9,17,21,32H,4,7,10-16,18-19H2;1-4H/t21-;/m1./s1. The van der Waals surface area contributed by atoms with Crippen molar-refractivity contribution in [3.05, 3.63) is 92.6 Å². The van der Waals surface area contributed by atoms with E-state index in [1.807, 2.05) is 33.9 Å². The smallest absolute Gasteiger partial charge is 0.255 e. The molecule has 4 nitrogen and oxygen atoms in total. The van der Waals surface area contributed by atoms with Crippen LogP contribution in [0.4, 0.5) is 0 Å². The van der Waals surface area contributed by atoms with Gasteiger partial charge in [0.25, 0.3) is 5.91 Å². The lowest BCUT2D eigenvalue weighted by molar-refractivity contribution is -0.0312. The van der Waals surface area contributed by atoms with Crippen molar-refractivity contribution < 1.29 is 9.90 Å². The monoisotopic (exact) mass is 558 g/mol. The fourth-order valence-corrected chi connectivity index (χ4v) is 6.20. The number of carbonyl (C=O) groups is 1. The van der Waals surface area contributed by atoms with Gasteiger partial charge in [-0.15, -0.1) is 0 Å². The van der Waals surface area contributed by atoms with Gasteiger partial charge < -0.3 is 14.9 Å². The van der Waals surface area contributed by atoms with Gasteiger partial charge in [0.15, 0.2) is 0 Å².